The highest BCUT2D eigenvalue weighted by Gasteiger charge is 2.31. The Morgan fingerprint density at radius 2 is 1.93 bits per heavy atom. The number of ether oxygens (including phenoxy) is 2. The number of hydrogen-bond donors (Lipinski definition) is 0. The summed E-state index contributed by atoms with van der Waals surface area (Å²) in [6.45, 7) is 3.32. The van der Waals surface area contributed by atoms with Crippen molar-refractivity contribution < 1.29 is 9.47 Å². The van der Waals surface area contributed by atoms with Crippen LogP contribution in [-0.4, -0.2) is 44.0 Å². The molecule has 2 heterocycles. The Kier molecular flexibility index (Phi) is 3.79. The van der Waals surface area contributed by atoms with Crippen LogP contribution in [0, 0.1) is 0 Å². The first-order valence-electron chi connectivity index (χ1n) is 5.80. The average Bonchev–Trinajstić information content (AvgIpc) is 2.30. The van der Waals surface area contributed by atoms with E-state index in [1.807, 2.05) is 0 Å². The van der Waals surface area contributed by atoms with E-state index in [1.165, 1.54) is 45.2 Å². The minimum Gasteiger partial charge on any atom is -0.354 e. The normalized spacial score (nSPS) is 35.8. The third-order valence-corrected chi connectivity index (χ3v) is 3.33. The molecule has 0 aromatic rings. The second-order valence-electron chi connectivity index (χ2n) is 4.28. The lowest BCUT2D eigenvalue weighted by molar-refractivity contribution is -0.186. The Morgan fingerprint density at radius 1 is 1.14 bits per heavy atom. The maximum absolute atomic E-state index is 5.63. The first kappa shape index (κ1) is 10.4. The van der Waals surface area contributed by atoms with Crippen LogP contribution in [0.2, 0.25) is 0 Å². The highest BCUT2D eigenvalue weighted by Crippen LogP contribution is 2.23. The summed E-state index contributed by atoms with van der Waals surface area (Å²) in [6.07, 6.45) is 6.50. The molecular formula is C11H21NO2. The van der Waals surface area contributed by atoms with Crippen LogP contribution >= 0.6 is 0 Å². The summed E-state index contributed by atoms with van der Waals surface area (Å²) in [7, 11) is 1.76. The molecule has 0 unspecified atom stereocenters. The van der Waals surface area contributed by atoms with Crippen molar-refractivity contribution in [3.8, 4) is 0 Å². The molecule has 0 aliphatic carbocycles. The van der Waals surface area contributed by atoms with Gasteiger partial charge in [-0.3, -0.25) is 4.90 Å². The average molecular weight is 199 g/mol. The third kappa shape index (κ3) is 2.27. The molecule has 2 fully saturated rings. The molecule has 2 aliphatic heterocycles. The van der Waals surface area contributed by atoms with Crippen LogP contribution in [0.5, 0.6) is 0 Å². The summed E-state index contributed by atoms with van der Waals surface area (Å²) < 4.78 is 11.0. The standard InChI is InChI=1S/C11H21NO2/c1-13-11-10(6-5-9-14-11)12-7-3-2-4-8-12/h10-11H,2-9H2,1H3/t10-,11+/m1/s1. The van der Waals surface area contributed by atoms with Gasteiger partial charge >= 0.3 is 0 Å². The molecule has 0 radical (unpaired) electrons. The summed E-state index contributed by atoms with van der Waals surface area (Å²) >= 11 is 0. The van der Waals surface area contributed by atoms with Crippen molar-refractivity contribution in [2.45, 2.75) is 44.4 Å². The lowest BCUT2D eigenvalue weighted by Gasteiger charge is -2.40. The SMILES string of the molecule is CO[C@H]1OCCC[C@H]1N1CCCCC1. The van der Waals surface area contributed by atoms with Gasteiger partial charge in [0.05, 0.1) is 6.04 Å². The van der Waals surface area contributed by atoms with E-state index < -0.39 is 0 Å². The van der Waals surface area contributed by atoms with Crippen molar-refractivity contribution in [2.24, 2.45) is 0 Å². The van der Waals surface area contributed by atoms with E-state index in [1.54, 1.807) is 7.11 Å². The number of nitrogens with zero attached hydrogens (tertiary/aromatic N) is 1. The number of hydrogen-bond acceptors (Lipinski definition) is 3. The maximum Gasteiger partial charge on any atom is 0.172 e. The molecule has 0 aromatic heterocycles. The lowest BCUT2D eigenvalue weighted by Crippen LogP contribution is -2.50. The van der Waals surface area contributed by atoms with Crippen LogP contribution in [-0.2, 0) is 9.47 Å². The predicted molar refractivity (Wildman–Crippen MR) is 55.2 cm³/mol. The predicted octanol–water partition coefficient (Wildman–Crippen LogP) is 1.62. The summed E-state index contributed by atoms with van der Waals surface area (Å²) in [5.74, 6) is 0. The Bertz CT molecular complexity index is 169. The molecule has 0 amide bonds. The topological polar surface area (TPSA) is 21.7 Å². The van der Waals surface area contributed by atoms with Gasteiger partial charge in [-0.25, -0.2) is 0 Å². The van der Waals surface area contributed by atoms with Crippen LogP contribution in [0.1, 0.15) is 32.1 Å². The van der Waals surface area contributed by atoms with E-state index in [0.29, 0.717) is 6.04 Å². The molecule has 82 valence electrons. The Labute approximate surface area is 86.4 Å². The van der Waals surface area contributed by atoms with E-state index >= 15 is 0 Å². The fourth-order valence-electron chi connectivity index (χ4n) is 2.57. The van der Waals surface area contributed by atoms with Crippen LogP contribution in [0.15, 0.2) is 0 Å². The van der Waals surface area contributed by atoms with Gasteiger partial charge in [0.25, 0.3) is 0 Å². The summed E-state index contributed by atoms with van der Waals surface area (Å²) in [5, 5.41) is 0. The maximum atomic E-state index is 5.63. The molecule has 3 heteroatoms. The first-order valence-corrected chi connectivity index (χ1v) is 5.80. The summed E-state index contributed by atoms with van der Waals surface area (Å²) in [4.78, 5) is 2.55. The second-order valence-corrected chi connectivity index (χ2v) is 4.28. The number of methoxy groups -OCH3 is 1. The number of rotatable bonds is 2. The monoisotopic (exact) mass is 199 g/mol. The van der Waals surface area contributed by atoms with E-state index in [0.717, 1.165) is 6.61 Å². The zero-order chi connectivity index (χ0) is 9.80. The molecule has 0 bridgehead atoms. The van der Waals surface area contributed by atoms with Crippen molar-refractivity contribution in [3.63, 3.8) is 0 Å². The third-order valence-electron chi connectivity index (χ3n) is 3.33. The van der Waals surface area contributed by atoms with Gasteiger partial charge in [0.1, 0.15) is 0 Å². The minimum absolute atomic E-state index is 0.0156. The molecular weight excluding hydrogens is 178 g/mol. The van der Waals surface area contributed by atoms with E-state index in [4.69, 9.17) is 9.47 Å². The van der Waals surface area contributed by atoms with E-state index in [2.05, 4.69) is 4.90 Å². The van der Waals surface area contributed by atoms with Gasteiger partial charge in [-0.1, -0.05) is 6.42 Å². The van der Waals surface area contributed by atoms with Gasteiger partial charge < -0.3 is 9.47 Å². The number of piperidine rings is 1. The second kappa shape index (κ2) is 5.10. The Hall–Kier alpha value is -0.120. The van der Waals surface area contributed by atoms with Crippen LogP contribution in [0.3, 0.4) is 0 Å². The zero-order valence-corrected chi connectivity index (χ0v) is 9.08. The van der Waals surface area contributed by atoms with Gasteiger partial charge in [0.2, 0.25) is 0 Å². The number of likely N-dealkylation sites (tertiary alicyclic amines) is 1. The molecule has 2 aliphatic rings. The first-order chi connectivity index (χ1) is 6.92. The van der Waals surface area contributed by atoms with Crippen molar-refractivity contribution in [1.29, 1.82) is 0 Å². The molecule has 0 aromatic carbocycles. The summed E-state index contributed by atoms with van der Waals surface area (Å²) in [5.41, 5.74) is 0. The fraction of sp³-hybridized carbons (Fsp3) is 1.00. The van der Waals surface area contributed by atoms with Gasteiger partial charge in [-0.2, -0.15) is 0 Å². The molecule has 0 spiro atoms. The molecule has 2 atom stereocenters. The molecule has 3 nitrogen and oxygen atoms in total. The molecule has 2 saturated heterocycles. The molecule has 2 rings (SSSR count). The fourth-order valence-corrected chi connectivity index (χ4v) is 2.57. The summed E-state index contributed by atoms with van der Waals surface area (Å²) in [6, 6.07) is 0.508. The van der Waals surface area contributed by atoms with Crippen molar-refractivity contribution >= 4 is 0 Å². The van der Waals surface area contributed by atoms with Gasteiger partial charge in [-0.15, -0.1) is 0 Å². The molecule has 14 heavy (non-hydrogen) atoms. The van der Waals surface area contributed by atoms with Crippen LogP contribution in [0.4, 0.5) is 0 Å². The zero-order valence-electron chi connectivity index (χ0n) is 9.08. The van der Waals surface area contributed by atoms with Gasteiger partial charge in [-0.05, 0) is 38.8 Å². The van der Waals surface area contributed by atoms with Crippen molar-refractivity contribution in [2.75, 3.05) is 26.8 Å². The lowest BCUT2D eigenvalue weighted by atomic mass is 10.0. The smallest absolute Gasteiger partial charge is 0.172 e. The molecule has 0 N–H and O–H groups in total. The quantitative estimate of drug-likeness (QED) is 0.674. The molecule has 0 saturated carbocycles. The van der Waals surface area contributed by atoms with Crippen molar-refractivity contribution in [1.82, 2.24) is 4.90 Å². The largest absolute Gasteiger partial charge is 0.354 e. The van der Waals surface area contributed by atoms with Crippen molar-refractivity contribution in [3.05, 3.63) is 0 Å². The van der Waals surface area contributed by atoms with E-state index in [-0.39, 0.29) is 6.29 Å². The van der Waals surface area contributed by atoms with Gasteiger partial charge in [0.15, 0.2) is 6.29 Å². The van der Waals surface area contributed by atoms with Crippen LogP contribution < -0.4 is 0 Å². The van der Waals surface area contributed by atoms with E-state index in [9.17, 15) is 0 Å². The minimum atomic E-state index is 0.0156. The van der Waals surface area contributed by atoms with Crippen LogP contribution in [0.25, 0.3) is 0 Å². The Morgan fingerprint density at radius 3 is 2.64 bits per heavy atom. The Balaban J connectivity index is 1.91. The highest BCUT2D eigenvalue weighted by atomic mass is 16.7. The van der Waals surface area contributed by atoms with Gasteiger partial charge in [0, 0.05) is 13.7 Å². The highest BCUT2D eigenvalue weighted by molar-refractivity contribution is 4.80.